The van der Waals surface area contributed by atoms with Crippen molar-refractivity contribution < 1.29 is 13.2 Å². The number of hydrogen-bond donors (Lipinski definition) is 3. The van der Waals surface area contributed by atoms with Crippen LogP contribution >= 0.6 is 11.3 Å². The summed E-state index contributed by atoms with van der Waals surface area (Å²) in [7, 11) is -3.85. The Morgan fingerprint density at radius 2 is 2.22 bits per heavy atom. The van der Waals surface area contributed by atoms with Crippen LogP contribution in [-0.2, 0) is 14.8 Å². The van der Waals surface area contributed by atoms with Crippen molar-refractivity contribution in [2.45, 2.75) is 11.3 Å². The number of nitrogens with one attached hydrogen (secondary N) is 3. The summed E-state index contributed by atoms with van der Waals surface area (Å²) in [6.07, 6.45) is 2.88. The largest absolute Gasteiger partial charge is 0.330 e. The minimum Gasteiger partial charge on any atom is -0.330 e. The summed E-state index contributed by atoms with van der Waals surface area (Å²) in [5.74, 6) is -0.277. The Labute approximate surface area is 106 Å². The molecule has 11 heteroatoms. The second-order valence-corrected chi connectivity index (χ2v) is 5.93. The SMILES string of the molecule is CC(=O)Nc1nnc(S(=O)(=O)Nc2ncc[nH]2)s1. The van der Waals surface area contributed by atoms with Gasteiger partial charge in [0.1, 0.15) is 0 Å². The van der Waals surface area contributed by atoms with Gasteiger partial charge in [0.15, 0.2) is 0 Å². The number of H-pyrrole nitrogens is 1. The number of carbonyl (C=O) groups excluding carboxylic acids is 1. The standard InChI is InChI=1S/C7H8N6O3S2/c1-4(14)10-6-11-12-7(17-6)18(15,16)13-5-8-2-3-9-5/h2-3H,1H3,(H2,8,9,13)(H,10,11,14). The van der Waals surface area contributed by atoms with Crippen molar-refractivity contribution in [3.8, 4) is 0 Å². The highest BCUT2D eigenvalue weighted by Gasteiger charge is 2.21. The Hall–Kier alpha value is -2.01. The highest BCUT2D eigenvalue weighted by molar-refractivity contribution is 7.94. The number of imidazole rings is 1. The highest BCUT2D eigenvalue weighted by Crippen LogP contribution is 2.21. The van der Waals surface area contributed by atoms with E-state index >= 15 is 0 Å². The number of amides is 1. The molecular weight excluding hydrogens is 280 g/mol. The lowest BCUT2D eigenvalue weighted by Gasteiger charge is -1.99. The van der Waals surface area contributed by atoms with Crippen LogP contribution in [0, 0.1) is 0 Å². The lowest BCUT2D eigenvalue weighted by molar-refractivity contribution is -0.114. The Balaban J connectivity index is 2.19. The summed E-state index contributed by atoms with van der Waals surface area (Å²) >= 11 is 0.744. The zero-order chi connectivity index (χ0) is 13.2. The molecule has 9 nitrogen and oxygen atoms in total. The Bertz CT molecular complexity index is 647. The first-order chi connectivity index (χ1) is 8.47. The van der Waals surface area contributed by atoms with Crippen LogP contribution in [0.15, 0.2) is 16.7 Å². The third-order valence-electron chi connectivity index (χ3n) is 1.65. The van der Waals surface area contributed by atoms with E-state index in [0.717, 1.165) is 11.3 Å². The third kappa shape index (κ3) is 2.81. The molecule has 2 aromatic rings. The lowest BCUT2D eigenvalue weighted by atomic mass is 10.7. The topological polar surface area (TPSA) is 130 Å². The van der Waals surface area contributed by atoms with Crippen LogP contribution in [-0.4, -0.2) is 34.5 Å². The highest BCUT2D eigenvalue weighted by atomic mass is 32.2. The minimum absolute atomic E-state index is 0.0753. The van der Waals surface area contributed by atoms with Crippen molar-refractivity contribution in [1.29, 1.82) is 0 Å². The minimum atomic E-state index is -3.85. The molecule has 0 spiro atoms. The Morgan fingerprint density at radius 1 is 1.44 bits per heavy atom. The summed E-state index contributed by atoms with van der Waals surface area (Å²) in [6.45, 7) is 1.29. The van der Waals surface area contributed by atoms with Crippen molar-refractivity contribution in [3.63, 3.8) is 0 Å². The van der Waals surface area contributed by atoms with E-state index in [1.54, 1.807) is 0 Å². The number of rotatable bonds is 4. The van der Waals surface area contributed by atoms with Crippen LogP contribution in [0.5, 0.6) is 0 Å². The molecule has 0 saturated carbocycles. The van der Waals surface area contributed by atoms with Crippen molar-refractivity contribution in [2.75, 3.05) is 10.0 Å². The molecule has 0 unspecified atom stereocenters. The van der Waals surface area contributed by atoms with Gasteiger partial charge in [-0.05, 0) is 0 Å². The normalized spacial score (nSPS) is 11.2. The maximum Gasteiger partial charge on any atom is 0.293 e. The van der Waals surface area contributed by atoms with E-state index in [-0.39, 0.29) is 21.3 Å². The molecule has 0 radical (unpaired) electrons. The number of carbonyl (C=O) groups is 1. The van der Waals surface area contributed by atoms with Crippen LogP contribution in [0.1, 0.15) is 6.92 Å². The Morgan fingerprint density at radius 3 is 2.83 bits per heavy atom. The van der Waals surface area contributed by atoms with E-state index in [1.807, 2.05) is 0 Å². The molecule has 0 aromatic carbocycles. The number of hydrogen-bond acceptors (Lipinski definition) is 7. The first-order valence-electron chi connectivity index (χ1n) is 4.60. The summed E-state index contributed by atoms with van der Waals surface area (Å²) in [4.78, 5) is 17.1. The van der Waals surface area contributed by atoms with E-state index in [9.17, 15) is 13.2 Å². The van der Waals surface area contributed by atoms with Gasteiger partial charge in [0.25, 0.3) is 14.4 Å². The molecule has 0 aliphatic rings. The molecule has 3 N–H and O–H groups in total. The summed E-state index contributed by atoms with van der Waals surface area (Å²) < 4.78 is 25.6. The van der Waals surface area contributed by atoms with E-state index in [4.69, 9.17) is 0 Å². The van der Waals surface area contributed by atoms with Crippen molar-refractivity contribution in [1.82, 2.24) is 20.2 Å². The number of aromatic amines is 1. The molecule has 0 saturated heterocycles. The first-order valence-corrected chi connectivity index (χ1v) is 6.90. The van der Waals surface area contributed by atoms with Gasteiger partial charge in [0, 0.05) is 19.3 Å². The van der Waals surface area contributed by atoms with Crippen LogP contribution in [0.25, 0.3) is 0 Å². The van der Waals surface area contributed by atoms with E-state index in [2.05, 4.69) is 30.2 Å². The van der Waals surface area contributed by atoms with Crippen LogP contribution in [0.3, 0.4) is 0 Å². The zero-order valence-corrected chi connectivity index (χ0v) is 10.7. The van der Waals surface area contributed by atoms with Crippen molar-refractivity contribution in [2.24, 2.45) is 0 Å². The van der Waals surface area contributed by atoms with Gasteiger partial charge in [0.2, 0.25) is 17.0 Å². The predicted molar refractivity (Wildman–Crippen MR) is 63.6 cm³/mol. The second-order valence-electron chi connectivity index (χ2n) is 3.10. The van der Waals surface area contributed by atoms with Crippen LogP contribution < -0.4 is 10.0 Å². The van der Waals surface area contributed by atoms with Gasteiger partial charge in [-0.25, -0.2) is 9.71 Å². The molecule has 0 aliphatic carbocycles. The third-order valence-corrected chi connectivity index (χ3v) is 4.19. The predicted octanol–water partition coefficient (Wildman–Crippen LogP) is 0.0204. The molecule has 0 fully saturated rings. The summed E-state index contributed by atoms with van der Waals surface area (Å²) in [6, 6.07) is 0. The van der Waals surface area contributed by atoms with Gasteiger partial charge in [-0.3, -0.25) is 4.79 Å². The molecule has 2 rings (SSSR count). The molecular formula is C7H8N6O3S2. The van der Waals surface area contributed by atoms with Crippen molar-refractivity contribution in [3.05, 3.63) is 12.4 Å². The maximum absolute atomic E-state index is 11.8. The molecule has 0 aliphatic heterocycles. The molecule has 2 heterocycles. The fourth-order valence-corrected chi connectivity index (χ4v) is 2.94. The quantitative estimate of drug-likeness (QED) is 0.680. The van der Waals surface area contributed by atoms with Gasteiger partial charge in [-0.1, -0.05) is 11.3 Å². The number of nitrogens with zero attached hydrogens (tertiary/aromatic N) is 3. The maximum atomic E-state index is 11.8. The van der Waals surface area contributed by atoms with E-state index < -0.39 is 10.0 Å². The Kier molecular flexibility index (Phi) is 3.25. The molecule has 0 bridgehead atoms. The molecule has 18 heavy (non-hydrogen) atoms. The van der Waals surface area contributed by atoms with Gasteiger partial charge >= 0.3 is 0 Å². The van der Waals surface area contributed by atoms with Gasteiger partial charge in [-0.2, -0.15) is 8.42 Å². The monoisotopic (exact) mass is 288 g/mol. The molecule has 0 atom stereocenters. The zero-order valence-electron chi connectivity index (χ0n) is 9.04. The molecule has 2 aromatic heterocycles. The van der Waals surface area contributed by atoms with Gasteiger partial charge < -0.3 is 10.3 Å². The number of sulfonamides is 1. The smallest absolute Gasteiger partial charge is 0.293 e. The van der Waals surface area contributed by atoms with Crippen molar-refractivity contribution >= 4 is 38.3 Å². The van der Waals surface area contributed by atoms with Crippen LogP contribution in [0.4, 0.5) is 11.1 Å². The summed E-state index contributed by atoms with van der Waals surface area (Å²) in [5, 5.41) is 9.48. The molecule has 1 amide bonds. The fourth-order valence-electron chi connectivity index (χ4n) is 1.01. The van der Waals surface area contributed by atoms with E-state index in [1.165, 1.54) is 19.3 Å². The second kappa shape index (κ2) is 4.70. The lowest BCUT2D eigenvalue weighted by Crippen LogP contribution is -2.13. The number of anilines is 2. The summed E-state index contributed by atoms with van der Waals surface area (Å²) in [5.41, 5.74) is 0. The number of aromatic nitrogens is 4. The van der Waals surface area contributed by atoms with Crippen LogP contribution in [0.2, 0.25) is 0 Å². The molecule has 96 valence electrons. The van der Waals surface area contributed by atoms with Gasteiger partial charge in [0.05, 0.1) is 0 Å². The average Bonchev–Trinajstić information content (AvgIpc) is 2.87. The fraction of sp³-hybridized carbons (Fsp3) is 0.143. The van der Waals surface area contributed by atoms with Gasteiger partial charge in [-0.15, -0.1) is 10.2 Å². The first kappa shape index (κ1) is 12.4. The van der Waals surface area contributed by atoms with E-state index in [0.29, 0.717) is 0 Å². The average molecular weight is 288 g/mol.